The van der Waals surface area contributed by atoms with Crippen LogP contribution in [0, 0.1) is 0 Å². The third kappa shape index (κ3) is 3.27. The third-order valence-electron chi connectivity index (χ3n) is 3.31. The Labute approximate surface area is 127 Å². The van der Waals surface area contributed by atoms with Crippen LogP contribution in [0.5, 0.6) is 0 Å². The van der Waals surface area contributed by atoms with Crippen molar-refractivity contribution in [3.63, 3.8) is 0 Å². The first-order valence-electron chi connectivity index (χ1n) is 6.84. The maximum Gasteiger partial charge on any atom is 0.186 e. The lowest BCUT2D eigenvalue weighted by Crippen LogP contribution is -2.26. The van der Waals surface area contributed by atoms with E-state index in [-0.39, 0.29) is 17.3 Å². The Morgan fingerprint density at radius 1 is 0.810 bits per heavy atom. The van der Waals surface area contributed by atoms with Gasteiger partial charge in [0.15, 0.2) is 20.5 Å². The summed E-state index contributed by atoms with van der Waals surface area (Å²) in [5.41, 5.74) is 0. The highest BCUT2D eigenvalue weighted by Crippen LogP contribution is 2.33. The summed E-state index contributed by atoms with van der Waals surface area (Å²) in [7, 11) is -0.219. The van der Waals surface area contributed by atoms with Gasteiger partial charge in [0.25, 0.3) is 0 Å². The highest BCUT2D eigenvalue weighted by molar-refractivity contribution is 8.00. The first-order valence-corrected chi connectivity index (χ1v) is 8.07. The third-order valence-corrected chi connectivity index (χ3v) is 5.57. The van der Waals surface area contributed by atoms with Crippen LogP contribution in [-0.2, 0) is 10.9 Å². The molecule has 3 heteroatoms. The van der Waals surface area contributed by atoms with Crippen LogP contribution in [0.15, 0.2) is 93.6 Å². The number of rotatable bonds is 3. The molecule has 2 nitrogen and oxygen atoms in total. The molecule has 1 aliphatic rings. The van der Waals surface area contributed by atoms with Gasteiger partial charge in [0.1, 0.15) is 0 Å². The van der Waals surface area contributed by atoms with Gasteiger partial charge in [-0.15, -0.1) is 0 Å². The van der Waals surface area contributed by atoms with Gasteiger partial charge in [-0.1, -0.05) is 36.4 Å². The Bertz CT molecular complexity index is 621. The number of hydrogen-bond donors (Lipinski definition) is 2. The quantitative estimate of drug-likeness (QED) is 0.674. The standard InChI is InChI=1S/C18H17O2S/c19-18(20)13-11-17(12-14-18)21(15-7-3-1-4-8-15)16-9-5-2-6-10-16/h1-13,19-20H,14H2/q+1. The van der Waals surface area contributed by atoms with Crippen molar-refractivity contribution in [1.29, 1.82) is 0 Å². The molecule has 21 heavy (non-hydrogen) atoms. The second kappa shape index (κ2) is 5.90. The zero-order valence-electron chi connectivity index (χ0n) is 11.5. The second-order valence-electron chi connectivity index (χ2n) is 4.95. The van der Waals surface area contributed by atoms with Gasteiger partial charge in [-0.05, 0) is 42.5 Å². The molecule has 2 aromatic carbocycles. The van der Waals surface area contributed by atoms with Gasteiger partial charge < -0.3 is 10.2 Å². The van der Waals surface area contributed by atoms with Crippen molar-refractivity contribution in [3.8, 4) is 0 Å². The van der Waals surface area contributed by atoms with E-state index in [1.165, 1.54) is 15.9 Å². The topological polar surface area (TPSA) is 40.5 Å². The molecular formula is C18H17O2S+. The van der Waals surface area contributed by atoms with Crippen LogP contribution in [0.2, 0.25) is 0 Å². The summed E-state index contributed by atoms with van der Waals surface area (Å²) in [5, 5.41) is 19.3. The molecular weight excluding hydrogens is 280 g/mol. The molecule has 0 fully saturated rings. The molecule has 2 aromatic rings. The van der Waals surface area contributed by atoms with E-state index < -0.39 is 5.79 Å². The van der Waals surface area contributed by atoms with Crippen molar-refractivity contribution in [3.05, 3.63) is 83.8 Å². The molecule has 0 heterocycles. The zero-order chi connectivity index (χ0) is 14.7. The number of hydrogen-bond acceptors (Lipinski definition) is 2. The van der Waals surface area contributed by atoms with Crippen LogP contribution in [0.1, 0.15) is 6.42 Å². The van der Waals surface area contributed by atoms with Gasteiger partial charge in [-0.25, -0.2) is 0 Å². The van der Waals surface area contributed by atoms with Gasteiger partial charge >= 0.3 is 0 Å². The fourth-order valence-electron chi connectivity index (χ4n) is 2.28. The van der Waals surface area contributed by atoms with Crippen molar-refractivity contribution in [2.75, 3.05) is 0 Å². The van der Waals surface area contributed by atoms with Gasteiger partial charge in [-0.2, -0.15) is 0 Å². The van der Waals surface area contributed by atoms with E-state index in [1.54, 1.807) is 0 Å². The molecule has 3 rings (SSSR count). The van der Waals surface area contributed by atoms with Gasteiger partial charge in [0, 0.05) is 6.42 Å². The summed E-state index contributed by atoms with van der Waals surface area (Å²) in [5.74, 6) is -1.72. The van der Waals surface area contributed by atoms with Crippen molar-refractivity contribution in [2.45, 2.75) is 22.0 Å². The Morgan fingerprint density at radius 3 is 1.76 bits per heavy atom. The van der Waals surface area contributed by atoms with E-state index in [4.69, 9.17) is 0 Å². The van der Waals surface area contributed by atoms with E-state index in [9.17, 15) is 10.2 Å². The van der Waals surface area contributed by atoms with Crippen molar-refractivity contribution >= 4 is 10.9 Å². The van der Waals surface area contributed by atoms with Gasteiger partial charge in [0.2, 0.25) is 0 Å². The molecule has 106 valence electrons. The minimum atomic E-state index is -1.72. The van der Waals surface area contributed by atoms with Crippen LogP contribution < -0.4 is 0 Å². The number of allylic oxidation sites excluding steroid dienone is 1. The first kappa shape index (κ1) is 14.1. The molecule has 0 bridgehead atoms. The zero-order valence-corrected chi connectivity index (χ0v) is 12.3. The molecule has 0 amide bonds. The fourth-order valence-corrected chi connectivity index (χ4v) is 4.40. The van der Waals surface area contributed by atoms with Crippen LogP contribution >= 0.6 is 0 Å². The summed E-state index contributed by atoms with van der Waals surface area (Å²) in [4.78, 5) is 3.57. The van der Waals surface area contributed by atoms with Crippen molar-refractivity contribution in [1.82, 2.24) is 0 Å². The summed E-state index contributed by atoms with van der Waals surface area (Å²) >= 11 is 0. The van der Waals surface area contributed by atoms with E-state index in [1.807, 2.05) is 48.6 Å². The number of benzene rings is 2. The van der Waals surface area contributed by atoms with Crippen LogP contribution in [0.4, 0.5) is 0 Å². The second-order valence-corrected chi connectivity index (χ2v) is 6.98. The van der Waals surface area contributed by atoms with E-state index in [2.05, 4.69) is 24.3 Å². The molecule has 0 spiro atoms. The summed E-state index contributed by atoms with van der Waals surface area (Å²) in [6.07, 6.45) is 5.44. The minimum Gasteiger partial charge on any atom is -0.362 e. The predicted octanol–water partition coefficient (Wildman–Crippen LogP) is 3.25. The monoisotopic (exact) mass is 297 g/mol. The molecule has 0 aromatic heterocycles. The Balaban J connectivity index is 2.03. The Morgan fingerprint density at radius 2 is 1.33 bits per heavy atom. The summed E-state index contributed by atoms with van der Waals surface area (Å²) < 4.78 is 0. The number of aliphatic hydroxyl groups is 2. The average Bonchev–Trinajstić information content (AvgIpc) is 2.51. The largest absolute Gasteiger partial charge is 0.362 e. The van der Waals surface area contributed by atoms with Crippen molar-refractivity contribution < 1.29 is 10.2 Å². The smallest absolute Gasteiger partial charge is 0.186 e. The van der Waals surface area contributed by atoms with Crippen LogP contribution in [0.25, 0.3) is 0 Å². The average molecular weight is 297 g/mol. The molecule has 1 aliphatic carbocycles. The van der Waals surface area contributed by atoms with E-state index in [0.717, 1.165) is 4.91 Å². The normalized spacial score (nSPS) is 16.8. The molecule has 0 atom stereocenters. The lowest BCUT2D eigenvalue weighted by Gasteiger charge is -2.19. The molecule has 0 saturated heterocycles. The van der Waals surface area contributed by atoms with E-state index in [0.29, 0.717) is 0 Å². The maximum atomic E-state index is 9.64. The molecule has 0 radical (unpaired) electrons. The van der Waals surface area contributed by atoms with Gasteiger partial charge in [-0.3, -0.25) is 0 Å². The summed E-state index contributed by atoms with van der Waals surface area (Å²) in [6, 6.07) is 20.6. The van der Waals surface area contributed by atoms with Crippen LogP contribution in [0.3, 0.4) is 0 Å². The molecule has 0 unspecified atom stereocenters. The van der Waals surface area contributed by atoms with Crippen LogP contribution in [-0.4, -0.2) is 16.0 Å². The Hall–Kier alpha value is -1.81. The first-order chi connectivity index (χ1) is 10.2. The highest BCUT2D eigenvalue weighted by Gasteiger charge is 2.33. The highest BCUT2D eigenvalue weighted by atomic mass is 32.2. The molecule has 0 aliphatic heterocycles. The molecule has 0 saturated carbocycles. The summed E-state index contributed by atoms with van der Waals surface area (Å²) in [6.45, 7) is 0. The van der Waals surface area contributed by atoms with Crippen molar-refractivity contribution in [2.24, 2.45) is 0 Å². The molecule has 2 N–H and O–H groups in total. The van der Waals surface area contributed by atoms with Gasteiger partial charge in [0.05, 0.1) is 10.9 Å². The minimum absolute atomic E-state index is 0.219. The van der Waals surface area contributed by atoms with E-state index >= 15 is 0 Å². The lowest BCUT2D eigenvalue weighted by molar-refractivity contribution is -0.115. The predicted molar refractivity (Wildman–Crippen MR) is 85.8 cm³/mol. The maximum absolute atomic E-state index is 9.64. The SMILES string of the molecule is OC1(O)C=CC([S+](c2ccccc2)c2ccccc2)=CC1. The Kier molecular flexibility index (Phi) is 3.97. The lowest BCUT2D eigenvalue weighted by atomic mass is 10.1. The fraction of sp³-hybridized carbons (Fsp3) is 0.111.